The van der Waals surface area contributed by atoms with Gasteiger partial charge in [0.15, 0.2) is 0 Å². The van der Waals surface area contributed by atoms with E-state index in [1.165, 1.54) is 5.56 Å². The molecule has 2 amide bonds. The van der Waals surface area contributed by atoms with Crippen LogP contribution < -0.4 is 0 Å². The number of carbonyl (C=O) groups excluding carboxylic acids is 3. The van der Waals surface area contributed by atoms with Crippen molar-refractivity contribution in [3.8, 4) is 11.3 Å². The van der Waals surface area contributed by atoms with Crippen LogP contribution in [0.5, 0.6) is 0 Å². The molecule has 3 aromatic carbocycles. The largest absolute Gasteiger partial charge is 0.466 e. The van der Waals surface area contributed by atoms with Crippen LogP contribution in [0.3, 0.4) is 0 Å². The van der Waals surface area contributed by atoms with E-state index in [2.05, 4.69) is 62.2 Å². The van der Waals surface area contributed by atoms with E-state index in [1.807, 2.05) is 53.1 Å². The highest BCUT2D eigenvalue weighted by Crippen LogP contribution is 2.47. The van der Waals surface area contributed by atoms with Crippen molar-refractivity contribution >= 4 is 28.7 Å². The van der Waals surface area contributed by atoms with Crippen molar-refractivity contribution in [1.82, 2.24) is 14.8 Å². The van der Waals surface area contributed by atoms with Crippen LogP contribution in [0.25, 0.3) is 22.2 Å². The first kappa shape index (κ1) is 29.7. The third-order valence-electron chi connectivity index (χ3n) is 9.52. The zero-order valence-corrected chi connectivity index (χ0v) is 26.0. The predicted molar refractivity (Wildman–Crippen MR) is 172 cm³/mol. The quantitative estimate of drug-likeness (QED) is 0.226. The first-order valence-electron chi connectivity index (χ1n) is 15.9. The number of amides is 2. The molecule has 7 heteroatoms. The molecule has 0 saturated carbocycles. The molecule has 3 heterocycles. The van der Waals surface area contributed by atoms with Crippen molar-refractivity contribution in [3.05, 3.63) is 95.1 Å². The number of hydrogen-bond acceptors (Lipinski definition) is 4. The van der Waals surface area contributed by atoms with Crippen LogP contribution in [0.2, 0.25) is 0 Å². The smallest absolute Gasteiger partial charge is 0.309 e. The summed E-state index contributed by atoms with van der Waals surface area (Å²) >= 11 is 0. The van der Waals surface area contributed by atoms with E-state index in [0.29, 0.717) is 38.1 Å². The Bertz CT molecular complexity index is 1680. The van der Waals surface area contributed by atoms with Gasteiger partial charge in [-0.05, 0) is 55.9 Å². The summed E-state index contributed by atoms with van der Waals surface area (Å²) in [6.45, 7) is 9.31. The van der Waals surface area contributed by atoms with Gasteiger partial charge in [0.2, 0.25) is 5.91 Å². The van der Waals surface area contributed by atoms with Gasteiger partial charge in [0.1, 0.15) is 6.04 Å². The van der Waals surface area contributed by atoms with E-state index < -0.39 is 12.1 Å². The summed E-state index contributed by atoms with van der Waals surface area (Å²) in [7, 11) is 0. The molecule has 0 aliphatic carbocycles. The third-order valence-corrected chi connectivity index (χ3v) is 9.52. The SMILES string of the molecule is CCOC(=O)C1CCN(C(=O)C(C(C)CC)N2C(=O)c3ccccc3C2c2c(-c3ccc(C)cc3)[nH]c3ccccc23)CC1. The normalized spacial score (nSPS) is 18.4. The Labute approximate surface area is 259 Å². The molecule has 2 aliphatic rings. The zero-order chi connectivity index (χ0) is 31.0. The number of aryl methyl sites for hydroxylation is 1. The predicted octanol–water partition coefficient (Wildman–Crippen LogP) is 6.90. The average Bonchev–Trinajstić information content (AvgIpc) is 3.56. The highest BCUT2D eigenvalue weighted by molar-refractivity contribution is 6.04. The number of likely N-dealkylation sites (tertiary alicyclic amines) is 1. The molecule has 44 heavy (non-hydrogen) atoms. The lowest BCUT2D eigenvalue weighted by molar-refractivity contribution is -0.152. The number of aromatic amines is 1. The Morgan fingerprint density at radius 2 is 1.64 bits per heavy atom. The zero-order valence-electron chi connectivity index (χ0n) is 26.0. The molecule has 0 spiro atoms. The number of nitrogens with zero attached hydrogens (tertiary/aromatic N) is 2. The fourth-order valence-corrected chi connectivity index (χ4v) is 6.96. The standard InChI is InChI=1S/C37H41N3O4/c1-5-24(4)33(36(42)39-21-19-26(20-22-39)37(43)44-6-2)40-34(27-11-7-8-12-28(27)35(40)41)31-29-13-9-10-14-30(29)38-32(31)25-17-15-23(3)16-18-25/h7-18,24,26,33-34,38H,5-6,19-22H2,1-4H3. The average molecular weight is 592 g/mol. The molecule has 1 aromatic heterocycles. The highest BCUT2D eigenvalue weighted by atomic mass is 16.5. The maximum atomic E-state index is 14.6. The number of aromatic nitrogens is 1. The third kappa shape index (κ3) is 5.18. The molecule has 3 atom stereocenters. The molecule has 1 fully saturated rings. The van der Waals surface area contributed by atoms with Crippen LogP contribution in [-0.4, -0.2) is 58.3 Å². The van der Waals surface area contributed by atoms with Crippen molar-refractivity contribution in [2.45, 2.75) is 59.0 Å². The van der Waals surface area contributed by atoms with Crippen LogP contribution in [0, 0.1) is 18.8 Å². The second kappa shape index (κ2) is 12.3. The molecular weight excluding hydrogens is 550 g/mol. The van der Waals surface area contributed by atoms with Crippen molar-refractivity contribution < 1.29 is 19.1 Å². The molecule has 3 unspecified atom stereocenters. The van der Waals surface area contributed by atoms with E-state index in [1.54, 1.807) is 0 Å². The Morgan fingerprint density at radius 1 is 0.955 bits per heavy atom. The molecular formula is C37H41N3O4. The van der Waals surface area contributed by atoms with Gasteiger partial charge in [-0.3, -0.25) is 14.4 Å². The van der Waals surface area contributed by atoms with Gasteiger partial charge in [-0.1, -0.05) is 86.5 Å². The summed E-state index contributed by atoms with van der Waals surface area (Å²) in [5, 5.41) is 1.04. The topological polar surface area (TPSA) is 82.7 Å². The fourth-order valence-electron chi connectivity index (χ4n) is 6.96. The van der Waals surface area contributed by atoms with Gasteiger partial charge in [-0.15, -0.1) is 0 Å². The Morgan fingerprint density at radius 3 is 2.34 bits per heavy atom. The second-order valence-electron chi connectivity index (χ2n) is 12.2. The van der Waals surface area contributed by atoms with Gasteiger partial charge in [0.25, 0.3) is 5.91 Å². The summed E-state index contributed by atoms with van der Waals surface area (Å²) in [6.07, 6.45) is 1.87. The number of rotatable bonds is 8. The van der Waals surface area contributed by atoms with Gasteiger partial charge in [-0.2, -0.15) is 0 Å². The molecule has 2 aliphatic heterocycles. The van der Waals surface area contributed by atoms with Crippen LogP contribution in [0.4, 0.5) is 0 Å². The summed E-state index contributed by atoms with van der Waals surface area (Å²) in [5.41, 5.74) is 6.70. The molecule has 1 saturated heterocycles. The van der Waals surface area contributed by atoms with Crippen LogP contribution in [0.15, 0.2) is 72.8 Å². The van der Waals surface area contributed by atoms with E-state index >= 15 is 0 Å². The van der Waals surface area contributed by atoms with Crippen molar-refractivity contribution in [1.29, 1.82) is 0 Å². The van der Waals surface area contributed by atoms with Gasteiger partial charge < -0.3 is 19.5 Å². The van der Waals surface area contributed by atoms with Crippen molar-refractivity contribution in [2.24, 2.45) is 11.8 Å². The van der Waals surface area contributed by atoms with E-state index in [4.69, 9.17) is 4.74 Å². The number of para-hydroxylation sites is 1. The fraction of sp³-hybridized carbons (Fsp3) is 0.378. The molecule has 0 radical (unpaired) electrons. The molecule has 7 nitrogen and oxygen atoms in total. The van der Waals surface area contributed by atoms with E-state index in [0.717, 1.165) is 39.7 Å². The minimum absolute atomic E-state index is 0.0513. The van der Waals surface area contributed by atoms with Gasteiger partial charge in [0, 0.05) is 35.1 Å². The molecule has 4 aromatic rings. The molecule has 228 valence electrons. The van der Waals surface area contributed by atoms with Crippen molar-refractivity contribution in [2.75, 3.05) is 19.7 Å². The maximum absolute atomic E-state index is 14.6. The number of piperidine rings is 1. The number of esters is 1. The Balaban J connectivity index is 1.47. The monoisotopic (exact) mass is 591 g/mol. The minimum atomic E-state index is -0.663. The number of H-pyrrole nitrogens is 1. The lowest BCUT2D eigenvalue weighted by Crippen LogP contribution is -2.55. The van der Waals surface area contributed by atoms with E-state index in [-0.39, 0.29) is 29.6 Å². The number of nitrogens with one attached hydrogen (secondary N) is 1. The number of ether oxygens (including phenoxy) is 1. The van der Waals surface area contributed by atoms with Crippen molar-refractivity contribution in [3.63, 3.8) is 0 Å². The summed E-state index contributed by atoms with van der Waals surface area (Å²) in [5.74, 6) is -0.643. The van der Waals surface area contributed by atoms with Gasteiger partial charge in [0.05, 0.1) is 24.3 Å². The lowest BCUT2D eigenvalue weighted by atomic mass is 9.89. The summed E-state index contributed by atoms with van der Waals surface area (Å²) in [6, 6.07) is 23.3. The summed E-state index contributed by atoms with van der Waals surface area (Å²) in [4.78, 5) is 48.8. The maximum Gasteiger partial charge on any atom is 0.309 e. The Hall–Kier alpha value is -4.39. The Kier molecular flexibility index (Phi) is 8.30. The molecule has 0 bridgehead atoms. The first-order valence-corrected chi connectivity index (χ1v) is 15.9. The highest BCUT2D eigenvalue weighted by Gasteiger charge is 2.48. The molecule has 1 N–H and O–H groups in total. The minimum Gasteiger partial charge on any atom is -0.466 e. The van der Waals surface area contributed by atoms with Gasteiger partial charge in [-0.25, -0.2) is 0 Å². The number of fused-ring (bicyclic) bond motifs is 2. The van der Waals surface area contributed by atoms with Crippen LogP contribution >= 0.6 is 0 Å². The second-order valence-corrected chi connectivity index (χ2v) is 12.2. The van der Waals surface area contributed by atoms with E-state index in [9.17, 15) is 14.4 Å². The molecule has 6 rings (SSSR count). The first-order chi connectivity index (χ1) is 21.3. The van der Waals surface area contributed by atoms with Crippen LogP contribution in [0.1, 0.15) is 73.1 Å². The summed E-state index contributed by atoms with van der Waals surface area (Å²) < 4.78 is 5.26. The van der Waals surface area contributed by atoms with Crippen LogP contribution in [-0.2, 0) is 14.3 Å². The van der Waals surface area contributed by atoms with Gasteiger partial charge >= 0.3 is 5.97 Å². The number of carbonyl (C=O) groups is 3. The number of hydrogen-bond donors (Lipinski definition) is 1. The number of benzene rings is 3. The lowest BCUT2D eigenvalue weighted by Gasteiger charge is -2.41.